The van der Waals surface area contributed by atoms with Crippen molar-refractivity contribution in [3.8, 4) is 0 Å². The SMILES string of the molecule is CNC(COC)CN1CCOC2CCCCC21. The first kappa shape index (κ1) is 13.3. The molecular weight excluding hydrogens is 216 g/mol. The summed E-state index contributed by atoms with van der Waals surface area (Å²) < 4.78 is 11.1. The first-order valence-electron chi connectivity index (χ1n) is 6.87. The molecule has 0 bridgehead atoms. The summed E-state index contributed by atoms with van der Waals surface area (Å²) in [6.45, 7) is 3.83. The second kappa shape index (κ2) is 6.69. The number of rotatable bonds is 5. The molecule has 3 atom stereocenters. The zero-order valence-electron chi connectivity index (χ0n) is 11.2. The number of likely N-dealkylation sites (N-methyl/N-ethyl adjacent to an activating group) is 1. The number of nitrogens with zero attached hydrogens (tertiary/aromatic N) is 1. The van der Waals surface area contributed by atoms with Crippen LogP contribution in [0.15, 0.2) is 0 Å². The Hall–Kier alpha value is -0.160. The fraction of sp³-hybridized carbons (Fsp3) is 1.00. The van der Waals surface area contributed by atoms with Crippen molar-refractivity contribution in [1.29, 1.82) is 0 Å². The van der Waals surface area contributed by atoms with Gasteiger partial charge in [0.25, 0.3) is 0 Å². The quantitative estimate of drug-likeness (QED) is 0.775. The summed E-state index contributed by atoms with van der Waals surface area (Å²) in [6.07, 6.45) is 5.72. The molecule has 1 saturated carbocycles. The first-order chi connectivity index (χ1) is 8.35. The highest BCUT2D eigenvalue weighted by Crippen LogP contribution is 2.28. The molecule has 100 valence electrons. The molecule has 0 aromatic rings. The Labute approximate surface area is 105 Å². The number of morpholine rings is 1. The number of nitrogens with one attached hydrogen (secondary N) is 1. The monoisotopic (exact) mass is 242 g/mol. The largest absolute Gasteiger partial charge is 0.383 e. The van der Waals surface area contributed by atoms with E-state index in [0.29, 0.717) is 18.2 Å². The van der Waals surface area contributed by atoms with Crippen LogP contribution in [0.4, 0.5) is 0 Å². The van der Waals surface area contributed by atoms with Gasteiger partial charge in [-0.2, -0.15) is 0 Å². The molecule has 0 amide bonds. The third-order valence-corrected chi connectivity index (χ3v) is 4.08. The van der Waals surface area contributed by atoms with E-state index in [0.717, 1.165) is 26.3 Å². The number of ether oxygens (including phenoxy) is 2. The van der Waals surface area contributed by atoms with Gasteiger partial charge >= 0.3 is 0 Å². The van der Waals surface area contributed by atoms with Crippen LogP contribution in [0.2, 0.25) is 0 Å². The van der Waals surface area contributed by atoms with Crippen LogP contribution in [-0.4, -0.2) is 63.5 Å². The second-order valence-electron chi connectivity index (χ2n) is 5.20. The molecule has 1 aliphatic carbocycles. The predicted octanol–water partition coefficient (Wildman–Crippen LogP) is 0.864. The minimum absolute atomic E-state index is 0.431. The van der Waals surface area contributed by atoms with E-state index in [-0.39, 0.29) is 0 Å². The molecule has 1 heterocycles. The van der Waals surface area contributed by atoms with Gasteiger partial charge in [-0.25, -0.2) is 0 Å². The Bertz CT molecular complexity index is 223. The number of hydrogen-bond donors (Lipinski definition) is 1. The summed E-state index contributed by atoms with van der Waals surface area (Å²) in [7, 11) is 3.79. The normalized spacial score (nSPS) is 32.1. The number of fused-ring (bicyclic) bond motifs is 1. The second-order valence-corrected chi connectivity index (χ2v) is 5.20. The van der Waals surface area contributed by atoms with E-state index >= 15 is 0 Å². The summed E-state index contributed by atoms with van der Waals surface area (Å²) in [4.78, 5) is 2.60. The highest BCUT2D eigenvalue weighted by Gasteiger charge is 2.34. The molecule has 4 heteroatoms. The van der Waals surface area contributed by atoms with Gasteiger partial charge in [0.1, 0.15) is 0 Å². The topological polar surface area (TPSA) is 33.7 Å². The van der Waals surface area contributed by atoms with Crippen molar-refractivity contribution in [3.05, 3.63) is 0 Å². The van der Waals surface area contributed by atoms with Crippen molar-refractivity contribution in [3.63, 3.8) is 0 Å². The van der Waals surface area contributed by atoms with Crippen molar-refractivity contribution in [1.82, 2.24) is 10.2 Å². The maximum atomic E-state index is 5.89. The molecule has 1 saturated heterocycles. The van der Waals surface area contributed by atoms with Crippen molar-refractivity contribution >= 4 is 0 Å². The lowest BCUT2D eigenvalue weighted by atomic mass is 9.90. The summed E-state index contributed by atoms with van der Waals surface area (Å²) >= 11 is 0. The van der Waals surface area contributed by atoms with Crippen LogP contribution in [0, 0.1) is 0 Å². The maximum absolute atomic E-state index is 5.89. The van der Waals surface area contributed by atoms with E-state index in [4.69, 9.17) is 9.47 Å². The number of methoxy groups -OCH3 is 1. The Morgan fingerprint density at radius 1 is 1.41 bits per heavy atom. The van der Waals surface area contributed by atoms with E-state index in [9.17, 15) is 0 Å². The molecule has 0 aromatic carbocycles. The zero-order chi connectivity index (χ0) is 12.1. The Balaban J connectivity index is 1.89. The zero-order valence-corrected chi connectivity index (χ0v) is 11.2. The molecule has 3 unspecified atom stereocenters. The molecule has 2 fully saturated rings. The smallest absolute Gasteiger partial charge is 0.0730 e. The maximum Gasteiger partial charge on any atom is 0.0730 e. The van der Waals surface area contributed by atoms with Gasteiger partial charge in [0.15, 0.2) is 0 Å². The van der Waals surface area contributed by atoms with Crippen LogP contribution < -0.4 is 5.32 Å². The van der Waals surface area contributed by atoms with E-state index < -0.39 is 0 Å². The minimum Gasteiger partial charge on any atom is -0.383 e. The van der Waals surface area contributed by atoms with E-state index in [1.54, 1.807) is 7.11 Å². The highest BCUT2D eigenvalue weighted by atomic mass is 16.5. The average Bonchev–Trinajstić information content (AvgIpc) is 2.38. The molecule has 2 rings (SSSR count). The minimum atomic E-state index is 0.431. The Kier molecular flexibility index (Phi) is 5.22. The van der Waals surface area contributed by atoms with E-state index in [1.807, 2.05) is 7.05 Å². The van der Waals surface area contributed by atoms with Gasteiger partial charge in [-0.1, -0.05) is 12.8 Å². The molecule has 0 aromatic heterocycles. The summed E-state index contributed by atoms with van der Waals surface area (Å²) in [5, 5.41) is 3.34. The van der Waals surface area contributed by atoms with Gasteiger partial charge in [-0.05, 0) is 19.9 Å². The lowest BCUT2D eigenvalue weighted by Gasteiger charge is -2.44. The first-order valence-corrected chi connectivity index (χ1v) is 6.87. The Morgan fingerprint density at radius 3 is 3.00 bits per heavy atom. The molecule has 4 nitrogen and oxygen atoms in total. The molecule has 17 heavy (non-hydrogen) atoms. The van der Waals surface area contributed by atoms with Crippen LogP contribution in [0.25, 0.3) is 0 Å². The van der Waals surface area contributed by atoms with Gasteiger partial charge < -0.3 is 14.8 Å². The van der Waals surface area contributed by atoms with Crippen molar-refractivity contribution < 1.29 is 9.47 Å². The summed E-state index contributed by atoms with van der Waals surface area (Å²) in [5.41, 5.74) is 0. The summed E-state index contributed by atoms with van der Waals surface area (Å²) in [5.74, 6) is 0. The molecule has 0 spiro atoms. The van der Waals surface area contributed by atoms with Crippen molar-refractivity contribution in [2.45, 2.75) is 43.9 Å². The van der Waals surface area contributed by atoms with Gasteiger partial charge in [-0.3, -0.25) is 4.90 Å². The fourth-order valence-electron chi connectivity index (χ4n) is 3.11. The molecule has 1 N–H and O–H groups in total. The average molecular weight is 242 g/mol. The standard InChI is InChI=1S/C13H26N2O2/c1-14-11(10-16-2)9-15-7-8-17-13-6-4-3-5-12(13)15/h11-14H,3-10H2,1-2H3. The van der Waals surface area contributed by atoms with Gasteiger partial charge in [0, 0.05) is 32.3 Å². The van der Waals surface area contributed by atoms with Crippen LogP contribution in [0.1, 0.15) is 25.7 Å². The van der Waals surface area contributed by atoms with Gasteiger partial charge in [-0.15, -0.1) is 0 Å². The van der Waals surface area contributed by atoms with E-state index in [1.165, 1.54) is 25.7 Å². The molecule has 1 aliphatic heterocycles. The van der Waals surface area contributed by atoms with Gasteiger partial charge in [0.05, 0.1) is 19.3 Å². The fourth-order valence-corrected chi connectivity index (χ4v) is 3.11. The molecular formula is C13H26N2O2. The molecule has 2 aliphatic rings. The van der Waals surface area contributed by atoms with Crippen molar-refractivity contribution in [2.24, 2.45) is 0 Å². The summed E-state index contributed by atoms with van der Waals surface area (Å²) in [6, 6.07) is 1.07. The lowest BCUT2D eigenvalue weighted by Crippen LogP contribution is -2.56. The van der Waals surface area contributed by atoms with E-state index in [2.05, 4.69) is 10.2 Å². The third kappa shape index (κ3) is 3.41. The Morgan fingerprint density at radius 2 is 2.24 bits per heavy atom. The van der Waals surface area contributed by atoms with Crippen LogP contribution in [0.3, 0.4) is 0 Å². The predicted molar refractivity (Wildman–Crippen MR) is 68.3 cm³/mol. The van der Waals surface area contributed by atoms with Gasteiger partial charge in [0.2, 0.25) is 0 Å². The van der Waals surface area contributed by atoms with Crippen LogP contribution in [0.5, 0.6) is 0 Å². The number of hydrogen-bond acceptors (Lipinski definition) is 4. The van der Waals surface area contributed by atoms with Crippen LogP contribution >= 0.6 is 0 Å². The lowest BCUT2D eigenvalue weighted by molar-refractivity contribution is -0.0914. The highest BCUT2D eigenvalue weighted by molar-refractivity contribution is 4.89. The van der Waals surface area contributed by atoms with Crippen molar-refractivity contribution in [2.75, 3.05) is 40.5 Å². The van der Waals surface area contributed by atoms with Crippen LogP contribution in [-0.2, 0) is 9.47 Å². The third-order valence-electron chi connectivity index (χ3n) is 4.08. The molecule has 0 radical (unpaired) electrons.